The van der Waals surface area contributed by atoms with Gasteiger partial charge in [0, 0.05) is 19.0 Å². The number of nitrogens with two attached hydrogens (primary N) is 1. The first-order valence-electron chi connectivity index (χ1n) is 7.70. The number of carbonyl (C=O) groups excluding carboxylic acids is 1. The molecule has 1 amide bonds. The molecule has 21 heavy (non-hydrogen) atoms. The summed E-state index contributed by atoms with van der Waals surface area (Å²) in [6.45, 7) is 0.472. The van der Waals surface area contributed by atoms with Crippen molar-refractivity contribution in [3.05, 3.63) is 0 Å². The van der Waals surface area contributed by atoms with Crippen LogP contribution in [0.3, 0.4) is 0 Å². The molecule has 3 N–H and O–H groups in total. The summed E-state index contributed by atoms with van der Waals surface area (Å²) in [6.07, 6.45) is 6.94. The Morgan fingerprint density at radius 3 is 2.38 bits per heavy atom. The number of nitrogens with one attached hydrogen (secondary N) is 1. The van der Waals surface area contributed by atoms with Gasteiger partial charge in [-0.3, -0.25) is 4.79 Å². The second kappa shape index (κ2) is 8.34. The van der Waals surface area contributed by atoms with E-state index in [1.807, 2.05) is 0 Å². The molecule has 0 spiro atoms. The van der Waals surface area contributed by atoms with Gasteiger partial charge in [-0.2, -0.15) is 0 Å². The van der Waals surface area contributed by atoms with Gasteiger partial charge in [-0.05, 0) is 31.1 Å². The zero-order chi connectivity index (χ0) is 14.6. The van der Waals surface area contributed by atoms with Crippen LogP contribution in [0.1, 0.15) is 44.9 Å². The summed E-state index contributed by atoms with van der Waals surface area (Å²) in [4.78, 5) is 12.1. The van der Waals surface area contributed by atoms with Crippen molar-refractivity contribution < 1.29 is 13.2 Å². The third-order valence-corrected chi connectivity index (χ3v) is 6.46. The number of hydrogen-bond acceptors (Lipinski definition) is 4. The second-order valence-electron chi connectivity index (χ2n) is 6.28. The van der Waals surface area contributed by atoms with Gasteiger partial charge in [0.2, 0.25) is 5.91 Å². The highest BCUT2D eigenvalue weighted by molar-refractivity contribution is 7.91. The van der Waals surface area contributed by atoms with Crippen molar-refractivity contribution in [3.8, 4) is 0 Å². The molecule has 2 rings (SSSR count). The van der Waals surface area contributed by atoms with Crippen molar-refractivity contribution in [3.63, 3.8) is 0 Å². The van der Waals surface area contributed by atoms with Gasteiger partial charge in [0.25, 0.3) is 0 Å². The molecule has 2 aliphatic rings. The predicted molar refractivity (Wildman–Crippen MR) is 86.2 cm³/mol. The van der Waals surface area contributed by atoms with Crippen LogP contribution in [0.15, 0.2) is 0 Å². The monoisotopic (exact) mass is 338 g/mol. The van der Waals surface area contributed by atoms with E-state index in [4.69, 9.17) is 5.73 Å². The Bertz CT molecular complexity index is 436. The van der Waals surface area contributed by atoms with E-state index < -0.39 is 9.84 Å². The smallest absolute Gasteiger partial charge is 0.220 e. The molecule has 2 fully saturated rings. The molecular formula is C14H27ClN2O3S. The number of halogens is 1. The number of amides is 1. The van der Waals surface area contributed by atoms with Crippen LogP contribution in [-0.2, 0) is 14.6 Å². The van der Waals surface area contributed by atoms with Crippen LogP contribution >= 0.6 is 12.4 Å². The first-order valence-corrected chi connectivity index (χ1v) is 9.52. The lowest BCUT2D eigenvalue weighted by Gasteiger charge is -2.30. The van der Waals surface area contributed by atoms with E-state index in [0.29, 0.717) is 25.3 Å². The average molecular weight is 339 g/mol. The quantitative estimate of drug-likeness (QED) is 0.789. The van der Waals surface area contributed by atoms with Crippen LogP contribution in [0.2, 0.25) is 0 Å². The van der Waals surface area contributed by atoms with Gasteiger partial charge in [0.15, 0.2) is 9.84 Å². The molecule has 5 nitrogen and oxygen atoms in total. The van der Waals surface area contributed by atoms with Crippen LogP contribution in [0.5, 0.6) is 0 Å². The molecule has 1 saturated heterocycles. The first-order chi connectivity index (χ1) is 9.50. The lowest BCUT2D eigenvalue weighted by Crippen LogP contribution is -2.46. The van der Waals surface area contributed by atoms with Crippen LogP contribution in [0.25, 0.3) is 0 Å². The van der Waals surface area contributed by atoms with Crippen molar-refractivity contribution in [1.29, 1.82) is 0 Å². The minimum Gasteiger partial charge on any atom is -0.352 e. The second-order valence-corrected chi connectivity index (χ2v) is 8.51. The topological polar surface area (TPSA) is 89.3 Å². The minimum absolute atomic E-state index is 0. The first kappa shape index (κ1) is 18.7. The Balaban J connectivity index is 0.00000220. The minimum atomic E-state index is -2.90. The Hall–Kier alpha value is -0.330. The van der Waals surface area contributed by atoms with Crippen molar-refractivity contribution in [2.75, 3.05) is 18.1 Å². The van der Waals surface area contributed by atoms with Gasteiger partial charge >= 0.3 is 0 Å². The van der Waals surface area contributed by atoms with Gasteiger partial charge in [-0.15, -0.1) is 12.4 Å². The highest BCUT2D eigenvalue weighted by Crippen LogP contribution is 2.27. The standard InChI is InChI=1S/C14H26N2O3S.ClH/c15-9-13(12-4-2-1-3-5-12)16-14(17)8-11-6-7-20(18,19)10-11;/h11-13H,1-10,15H2,(H,16,17);1H. The molecule has 7 heteroatoms. The Morgan fingerprint density at radius 2 is 1.86 bits per heavy atom. The fourth-order valence-electron chi connectivity index (χ4n) is 3.47. The summed E-state index contributed by atoms with van der Waals surface area (Å²) in [5.41, 5.74) is 5.79. The summed E-state index contributed by atoms with van der Waals surface area (Å²) < 4.78 is 22.8. The maximum Gasteiger partial charge on any atom is 0.220 e. The van der Waals surface area contributed by atoms with Gasteiger partial charge in [-0.25, -0.2) is 8.42 Å². The summed E-state index contributed by atoms with van der Waals surface area (Å²) in [5.74, 6) is 0.841. The molecule has 0 aromatic carbocycles. The summed E-state index contributed by atoms with van der Waals surface area (Å²) in [5, 5.41) is 3.03. The van der Waals surface area contributed by atoms with Crippen molar-refractivity contribution >= 4 is 28.2 Å². The molecule has 0 radical (unpaired) electrons. The van der Waals surface area contributed by atoms with E-state index in [9.17, 15) is 13.2 Å². The SMILES string of the molecule is Cl.NCC(NC(=O)CC1CCS(=O)(=O)C1)C1CCCCC1. The van der Waals surface area contributed by atoms with E-state index in [2.05, 4.69) is 5.32 Å². The van der Waals surface area contributed by atoms with Crippen LogP contribution in [0.4, 0.5) is 0 Å². The van der Waals surface area contributed by atoms with Crippen LogP contribution in [0, 0.1) is 11.8 Å². The van der Waals surface area contributed by atoms with E-state index in [0.717, 1.165) is 12.8 Å². The lowest BCUT2D eigenvalue weighted by molar-refractivity contribution is -0.123. The predicted octanol–water partition coefficient (Wildman–Crippen LogP) is 1.26. The number of hydrogen-bond donors (Lipinski definition) is 2. The molecular weight excluding hydrogens is 312 g/mol. The molecule has 124 valence electrons. The maximum absolute atomic E-state index is 12.1. The number of sulfone groups is 1. The van der Waals surface area contributed by atoms with Crippen molar-refractivity contribution in [1.82, 2.24) is 5.32 Å². The normalized spacial score (nSPS) is 26.8. The fraction of sp³-hybridized carbons (Fsp3) is 0.929. The zero-order valence-corrected chi connectivity index (χ0v) is 14.1. The Kier molecular flexibility index (Phi) is 7.44. The van der Waals surface area contributed by atoms with E-state index in [-0.39, 0.29) is 41.8 Å². The molecule has 2 atom stereocenters. The Morgan fingerprint density at radius 1 is 1.19 bits per heavy atom. The lowest BCUT2D eigenvalue weighted by atomic mass is 9.84. The van der Waals surface area contributed by atoms with E-state index in [1.165, 1.54) is 19.3 Å². The third-order valence-electron chi connectivity index (χ3n) is 4.62. The van der Waals surface area contributed by atoms with Gasteiger partial charge in [0.1, 0.15) is 0 Å². The highest BCUT2D eigenvalue weighted by Gasteiger charge is 2.30. The molecule has 2 unspecified atom stereocenters. The molecule has 1 aliphatic heterocycles. The molecule has 0 aromatic rings. The van der Waals surface area contributed by atoms with E-state index >= 15 is 0 Å². The van der Waals surface area contributed by atoms with Gasteiger partial charge in [-0.1, -0.05) is 19.3 Å². The number of rotatable bonds is 5. The zero-order valence-electron chi connectivity index (χ0n) is 12.4. The van der Waals surface area contributed by atoms with Crippen LogP contribution in [-0.4, -0.2) is 38.4 Å². The molecule has 1 saturated carbocycles. The van der Waals surface area contributed by atoms with Gasteiger partial charge in [0.05, 0.1) is 11.5 Å². The maximum atomic E-state index is 12.1. The van der Waals surface area contributed by atoms with Crippen molar-refractivity contribution in [2.24, 2.45) is 17.6 Å². The molecule has 1 aliphatic carbocycles. The molecule has 0 bridgehead atoms. The number of carbonyl (C=O) groups is 1. The average Bonchev–Trinajstić information content (AvgIpc) is 2.76. The summed E-state index contributed by atoms with van der Waals surface area (Å²) in [7, 11) is -2.90. The largest absolute Gasteiger partial charge is 0.352 e. The fourth-order valence-corrected chi connectivity index (χ4v) is 5.33. The Labute approximate surface area is 133 Å². The molecule has 0 aromatic heterocycles. The van der Waals surface area contributed by atoms with Crippen LogP contribution < -0.4 is 11.1 Å². The highest BCUT2D eigenvalue weighted by atomic mass is 35.5. The van der Waals surface area contributed by atoms with E-state index in [1.54, 1.807) is 0 Å². The van der Waals surface area contributed by atoms with Gasteiger partial charge < -0.3 is 11.1 Å². The summed E-state index contributed by atoms with van der Waals surface area (Å²) >= 11 is 0. The summed E-state index contributed by atoms with van der Waals surface area (Å²) in [6, 6.07) is 0.0563. The third kappa shape index (κ3) is 5.75. The van der Waals surface area contributed by atoms with Crippen molar-refractivity contribution in [2.45, 2.75) is 51.0 Å². The molecule has 1 heterocycles.